The molecule has 0 heterocycles. The maximum absolute atomic E-state index is 12.2. The predicted octanol–water partition coefficient (Wildman–Crippen LogP) is 0.488. The average molecular weight is 247 g/mol. The van der Waals surface area contributed by atoms with Crippen LogP contribution in [0.25, 0.3) is 0 Å². The van der Waals surface area contributed by atoms with Crippen LogP contribution in [0.1, 0.15) is 13.3 Å². The van der Waals surface area contributed by atoms with Crippen molar-refractivity contribution in [2.24, 2.45) is 0 Å². The zero-order valence-electron chi connectivity index (χ0n) is 8.26. The van der Waals surface area contributed by atoms with Gasteiger partial charge in [-0.25, -0.2) is 8.42 Å². The fraction of sp³-hybridized carbons (Fsp3) is 0.857. The molecule has 90 valence electrons. The van der Waals surface area contributed by atoms with E-state index in [0.29, 0.717) is 6.26 Å². The molecule has 1 amide bonds. The number of amides is 1. The van der Waals surface area contributed by atoms with Gasteiger partial charge >= 0.3 is 6.18 Å². The Morgan fingerprint density at radius 2 is 1.87 bits per heavy atom. The van der Waals surface area contributed by atoms with Crippen molar-refractivity contribution in [2.45, 2.75) is 24.8 Å². The van der Waals surface area contributed by atoms with Crippen LogP contribution in [0.5, 0.6) is 0 Å². The first kappa shape index (κ1) is 14.2. The summed E-state index contributed by atoms with van der Waals surface area (Å²) in [5.41, 5.74) is 0. The summed E-state index contributed by atoms with van der Waals surface area (Å²) in [6.07, 6.45) is -4.94. The quantitative estimate of drug-likeness (QED) is 0.786. The highest BCUT2D eigenvalue weighted by atomic mass is 32.2. The van der Waals surface area contributed by atoms with Gasteiger partial charge in [0, 0.05) is 19.7 Å². The average Bonchev–Trinajstić information content (AvgIpc) is 1.92. The van der Waals surface area contributed by atoms with Gasteiger partial charge in [-0.2, -0.15) is 13.2 Å². The third-order valence-electron chi connectivity index (χ3n) is 1.66. The van der Waals surface area contributed by atoms with E-state index in [4.69, 9.17) is 0 Å². The second-order valence-corrected chi connectivity index (χ2v) is 5.36. The number of nitrogens with one attached hydrogen (secondary N) is 1. The second-order valence-electron chi connectivity index (χ2n) is 3.13. The van der Waals surface area contributed by atoms with Gasteiger partial charge in [-0.15, -0.1) is 0 Å². The van der Waals surface area contributed by atoms with E-state index >= 15 is 0 Å². The lowest BCUT2D eigenvalue weighted by Crippen LogP contribution is -2.39. The number of hydrogen-bond donors (Lipinski definition) is 1. The van der Waals surface area contributed by atoms with E-state index in [0.717, 1.165) is 6.92 Å². The van der Waals surface area contributed by atoms with Crippen LogP contribution >= 0.6 is 0 Å². The molecule has 0 saturated heterocycles. The third-order valence-corrected chi connectivity index (χ3v) is 3.20. The maximum Gasteiger partial charge on any atom is 0.405 e. The van der Waals surface area contributed by atoms with Gasteiger partial charge in [-0.05, 0) is 6.42 Å². The van der Waals surface area contributed by atoms with Crippen molar-refractivity contribution in [1.82, 2.24) is 5.32 Å². The SMILES string of the molecule is CC(=O)NCCC(C(F)(F)F)S(C)(=O)=O. The first-order valence-electron chi connectivity index (χ1n) is 4.05. The van der Waals surface area contributed by atoms with Gasteiger partial charge in [-0.3, -0.25) is 4.79 Å². The molecule has 4 nitrogen and oxygen atoms in total. The molecule has 0 aliphatic heterocycles. The largest absolute Gasteiger partial charge is 0.405 e. The highest BCUT2D eigenvalue weighted by Gasteiger charge is 2.45. The molecule has 0 aromatic carbocycles. The van der Waals surface area contributed by atoms with E-state index in [-0.39, 0.29) is 6.54 Å². The van der Waals surface area contributed by atoms with Crippen LogP contribution in [-0.2, 0) is 14.6 Å². The topological polar surface area (TPSA) is 63.2 Å². The minimum Gasteiger partial charge on any atom is -0.356 e. The van der Waals surface area contributed by atoms with Crippen LogP contribution in [0.2, 0.25) is 0 Å². The molecule has 15 heavy (non-hydrogen) atoms. The maximum atomic E-state index is 12.2. The van der Waals surface area contributed by atoms with Gasteiger partial charge in [-0.1, -0.05) is 0 Å². The summed E-state index contributed by atoms with van der Waals surface area (Å²) in [6, 6.07) is 0. The van der Waals surface area contributed by atoms with Crippen LogP contribution in [0.4, 0.5) is 13.2 Å². The lowest BCUT2D eigenvalue weighted by atomic mass is 10.3. The molecular formula is C7H12F3NO3S. The summed E-state index contributed by atoms with van der Waals surface area (Å²) in [5, 5.41) is -0.303. The monoisotopic (exact) mass is 247 g/mol. The van der Waals surface area contributed by atoms with Gasteiger partial charge in [0.05, 0.1) is 0 Å². The molecule has 1 unspecified atom stereocenters. The summed E-state index contributed by atoms with van der Waals surface area (Å²) in [4.78, 5) is 10.4. The zero-order valence-corrected chi connectivity index (χ0v) is 9.07. The zero-order chi connectivity index (χ0) is 12.3. The summed E-state index contributed by atoms with van der Waals surface area (Å²) in [5.74, 6) is -0.496. The Hall–Kier alpha value is -0.790. The van der Waals surface area contributed by atoms with Crippen molar-refractivity contribution in [2.75, 3.05) is 12.8 Å². The third kappa shape index (κ3) is 5.60. The van der Waals surface area contributed by atoms with Crippen LogP contribution in [-0.4, -0.2) is 38.6 Å². The summed E-state index contributed by atoms with van der Waals surface area (Å²) >= 11 is 0. The van der Waals surface area contributed by atoms with Crippen molar-refractivity contribution < 1.29 is 26.4 Å². The minimum absolute atomic E-state index is 0.313. The molecule has 0 aromatic rings. The molecule has 0 radical (unpaired) electrons. The van der Waals surface area contributed by atoms with Gasteiger partial charge < -0.3 is 5.32 Å². The van der Waals surface area contributed by atoms with E-state index in [9.17, 15) is 26.4 Å². The van der Waals surface area contributed by atoms with E-state index in [1.54, 1.807) is 0 Å². The summed E-state index contributed by atoms with van der Waals surface area (Å²) < 4.78 is 58.4. The molecule has 0 saturated carbocycles. The fourth-order valence-electron chi connectivity index (χ4n) is 1.000. The number of sulfone groups is 1. The first-order chi connectivity index (χ1) is 6.55. The number of carbonyl (C=O) groups excluding carboxylic acids is 1. The Morgan fingerprint density at radius 1 is 1.40 bits per heavy atom. The Labute approximate surface area is 85.8 Å². The van der Waals surface area contributed by atoms with E-state index in [1.807, 2.05) is 0 Å². The van der Waals surface area contributed by atoms with Crippen LogP contribution in [0.3, 0.4) is 0 Å². The van der Waals surface area contributed by atoms with Gasteiger partial charge in [0.25, 0.3) is 0 Å². The second kappa shape index (κ2) is 4.82. The molecule has 0 rings (SSSR count). The van der Waals surface area contributed by atoms with Gasteiger partial charge in [0.2, 0.25) is 5.91 Å². The molecule has 0 aromatic heterocycles. The molecule has 0 aliphatic rings. The molecule has 1 N–H and O–H groups in total. The number of rotatable bonds is 4. The van der Waals surface area contributed by atoms with Crippen molar-refractivity contribution in [1.29, 1.82) is 0 Å². The summed E-state index contributed by atoms with van der Waals surface area (Å²) in [6.45, 7) is 0.829. The van der Waals surface area contributed by atoms with Crippen molar-refractivity contribution in [3.63, 3.8) is 0 Å². The van der Waals surface area contributed by atoms with Crippen LogP contribution < -0.4 is 5.32 Å². The number of hydrogen-bond acceptors (Lipinski definition) is 3. The van der Waals surface area contributed by atoms with Crippen molar-refractivity contribution in [3.05, 3.63) is 0 Å². The van der Waals surface area contributed by atoms with Gasteiger partial charge in [0.15, 0.2) is 15.1 Å². The molecule has 0 bridgehead atoms. The number of carbonyl (C=O) groups is 1. The molecule has 8 heteroatoms. The Kier molecular flexibility index (Phi) is 4.57. The first-order valence-corrected chi connectivity index (χ1v) is 6.00. The van der Waals surface area contributed by atoms with E-state index < -0.39 is 33.6 Å². The Morgan fingerprint density at radius 3 is 2.13 bits per heavy atom. The molecule has 0 aliphatic carbocycles. The van der Waals surface area contributed by atoms with E-state index in [2.05, 4.69) is 5.32 Å². The molecule has 0 spiro atoms. The predicted molar refractivity (Wildman–Crippen MR) is 48.0 cm³/mol. The molecule has 1 atom stereocenters. The Bertz CT molecular complexity index is 323. The molecule has 0 fully saturated rings. The lowest BCUT2D eigenvalue weighted by molar-refractivity contribution is -0.132. The smallest absolute Gasteiger partial charge is 0.356 e. The van der Waals surface area contributed by atoms with Crippen LogP contribution in [0.15, 0.2) is 0 Å². The fourth-order valence-corrected chi connectivity index (χ4v) is 2.03. The van der Waals surface area contributed by atoms with Crippen LogP contribution in [0, 0.1) is 0 Å². The van der Waals surface area contributed by atoms with Crippen molar-refractivity contribution in [3.8, 4) is 0 Å². The highest BCUT2D eigenvalue weighted by molar-refractivity contribution is 7.91. The normalized spacial score (nSPS) is 14.7. The van der Waals surface area contributed by atoms with E-state index in [1.165, 1.54) is 0 Å². The highest BCUT2D eigenvalue weighted by Crippen LogP contribution is 2.27. The minimum atomic E-state index is -4.80. The summed E-state index contributed by atoms with van der Waals surface area (Å²) in [7, 11) is -4.20. The number of alkyl halides is 3. The van der Waals surface area contributed by atoms with Gasteiger partial charge in [0.1, 0.15) is 0 Å². The number of halogens is 3. The molecular weight excluding hydrogens is 235 g/mol. The Balaban J connectivity index is 4.50. The van der Waals surface area contributed by atoms with Crippen molar-refractivity contribution >= 4 is 15.7 Å². The lowest BCUT2D eigenvalue weighted by Gasteiger charge is -2.18. The standard InChI is InChI=1S/C7H12F3NO3S/c1-5(12)11-4-3-6(7(8,9)10)15(2,13)14/h6H,3-4H2,1-2H3,(H,11,12).